The third-order valence-corrected chi connectivity index (χ3v) is 16.8. The first kappa shape index (κ1) is 47.8. The summed E-state index contributed by atoms with van der Waals surface area (Å²) in [4.78, 5) is 2.43. The summed E-state index contributed by atoms with van der Waals surface area (Å²) in [5.41, 5.74) is 26.1. The highest BCUT2D eigenvalue weighted by molar-refractivity contribution is 6.14. The van der Waals surface area contributed by atoms with E-state index in [2.05, 4.69) is 275 Å². The first-order chi connectivity index (χ1) is 37.6. The van der Waals surface area contributed by atoms with Crippen molar-refractivity contribution in [2.24, 2.45) is 0 Å². The average molecular weight is 995 g/mol. The van der Waals surface area contributed by atoms with E-state index in [9.17, 15) is 0 Å². The molecule has 12 aromatic rings. The van der Waals surface area contributed by atoms with Crippen LogP contribution >= 0.6 is 0 Å². The molecule has 3 heteroatoms. The van der Waals surface area contributed by atoms with E-state index >= 15 is 0 Å². The van der Waals surface area contributed by atoms with Gasteiger partial charge >= 0.3 is 0 Å². The van der Waals surface area contributed by atoms with Crippen molar-refractivity contribution in [3.8, 4) is 50.2 Å². The molecule has 0 radical (unpaired) electrons. The number of para-hydroxylation sites is 1. The Hall–Kier alpha value is -8.92. The molecule has 0 fully saturated rings. The number of furan rings is 1. The minimum absolute atomic E-state index is 0.126. The number of allylic oxidation sites excluding steroid dienone is 4. The Labute approximate surface area is 452 Å². The molecule has 2 aliphatic carbocycles. The van der Waals surface area contributed by atoms with Crippen molar-refractivity contribution in [3.05, 3.63) is 258 Å². The van der Waals surface area contributed by atoms with Crippen molar-refractivity contribution >= 4 is 66.4 Å². The molecular formula is C74H62N2O. The topological polar surface area (TPSA) is 21.3 Å². The lowest BCUT2D eigenvalue weighted by Gasteiger charge is -2.28. The Balaban J connectivity index is 0.00000280. The van der Waals surface area contributed by atoms with Crippen LogP contribution in [0.1, 0.15) is 77.6 Å². The number of rotatable bonds is 8. The highest BCUT2D eigenvalue weighted by Crippen LogP contribution is 2.53. The zero-order valence-electron chi connectivity index (χ0n) is 45.2. The maximum atomic E-state index is 6.51. The molecule has 77 heavy (non-hydrogen) atoms. The molecule has 0 N–H and O–H groups in total. The predicted octanol–water partition coefficient (Wildman–Crippen LogP) is 21.1. The van der Waals surface area contributed by atoms with Gasteiger partial charge in [-0.1, -0.05) is 193 Å². The number of hydrogen-bond donors (Lipinski definition) is 0. The van der Waals surface area contributed by atoms with Gasteiger partial charge in [0.25, 0.3) is 0 Å². The fraction of sp³-hybridized carbons (Fsp3) is 0.135. The van der Waals surface area contributed by atoms with Gasteiger partial charge in [-0.25, -0.2) is 0 Å². The van der Waals surface area contributed by atoms with Crippen LogP contribution in [-0.2, 0) is 10.8 Å². The Bertz CT molecular complexity index is 4290. The van der Waals surface area contributed by atoms with E-state index in [1.54, 1.807) is 0 Å². The third kappa shape index (κ3) is 7.54. The van der Waals surface area contributed by atoms with E-state index in [0.717, 1.165) is 50.3 Å². The van der Waals surface area contributed by atoms with Crippen molar-refractivity contribution in [3.63, 3.8) is 0 Å². The smallest absolute Gasteiger partial charge is 0.137 e. The highest BCUT2D eigenvalue weighted by Gasteiger charge is 2.37. The molecule has 14 rings (SSSR count). The fourth-order valence-electron chi connectivity index (χ4n) is 12.7. The van der Waals surface area contributed by atoms with Gasteiger partial charge in [-0.2, -0.15) is 0 Å². The van der Waals surface area contributed by atoms with Crippen molar-refractivity contribution in [1.82, 2.24) is 4.57 Å². The lowest BCUT2D eigenvalue weighted by Crippen LogP contribution is -2.16. The Morgan fingerprint density at radius 2 is 1.03 bits per heavy atom. The van der Waals surface area contributed by atoms with E-state index in [4.69, 9.17) is 4.42 Å². The minimum Gasteiger partial charge on any atom is -0.456 e. The summed E-state index contributed by atoms with van der Waals surface area (Å²) in [7, 11) is 0. The summed E-state index contributed by atoms with van der Waals surface area (Å²) in [5.74, 6) is 0. The lowest BCUT2D eigenvalue weighted by atomic mass is 9.81. The van der Waals surface area contributed by atoms with Crippen molar-refractivity contribution in [2.45, 2.75) is 66.2 Å². The number of fused-ring (bicyclic) bond motifs is 10. The summed E-state index contributed by atoms with van der Waals surface area (Å²) in [6.07, 6.45) is 4.49. The van der Waals surface area contributed by atoms with Crippen LogP contribution in [0.5, 0.6) is 0 Å². The monoisotopic (exact) mass is 994 g/mol. The summed E-state index contributed by atoms with van der Waals surface area (Å²) in [6.45, 7) is 17.9. The molecule has 0 atom stereocenters. The normalized spacial score (nSPS) is 14.1. The van der Waals surface area contributed by atoms with Crippen LogP contribution in [0.3, 0.4) is 0 Å². The van der Waals surface area contributed by atoms with E-state index < -0.39 is 0 Å². The van der Waals surface area contributed by atoms with E-state index in [0.29, 0.717) is 0 Å². The Morgan fingerprint density at radius 1 is 0.429 bits per heavy atom. The van der Waals surface area contributed by atoms with Crippen molar-refractivity contribution < 1.29 is 4.42 Å². The largest absolute Gasteiger partial charge is 0.456 e. The van der Waals surface area contributed by atoms with Crippen LogP contribution in [-0.4, -0.2) is 4.57 Å². The van der Waals surface area contributed by atoms with Gasteiger partial charge in [0, 0.05) is 44.1 Å². The summed E-state index contributed by atoms with van der Waals surface area (Å²) < 4.78 is 9.03. The molecule has 10 aromatic carbocycles. The van der Waals surface area contributed by atoms with E-state index in [1.165, 1.54) is 94.2 Å². The summed E-state index contributed by atoms with van der Waals surface area (Å²) in [6, 6.07) is 80.7. The number of aromatic nitrogens is 1. The van der Waals surface area contributed by atoms with Gasteiger partial charge in [-0.15, -0.1) is 0 Å². The van der Waals surface area contributed by atoms with Crippen LogP contribution < -0.4 is 4.90 Å². The SMILES string of the molecule is C/C=C\C1=C(C)C(C)(C)c2cc3c(cc21)c1cc(-c2ccc(N(c4ccc5c(c4)C(C)(C)c4ccccc4-5)c4cccc5oc6ccccc6c45)cc2)ccc1n3-c1cc(-c2ccccc2)cc(-c2ccccc2)c1.CC. The van der Waals surface area contributed by atoms with E-state index in [-0.39, 0.29) is 10.8 Å². The number of anilines is 3. The van der Waals surface area contributed by atoms with Gasteiger partial charge in [-0.3, -0.25) is 0 Å². The zero-order valence-corrected chi connectivity index (χ0v) is 45.2. The summed E-state index contributed by atoms with van der Waals surface area (Å²) in [5, 5.41) is 4.68. The maximum Gasteiger partial charge on any atom is 0.137 e. The van der Waals surface area contributed by atoms with Crippen LogP contribution in [0.25, 0.3) is 99.5 Å². The molecule has 0 amide bonds. The van der Waals surface area contributed by atoms with Crippen LogP contribution in [0.15, 0.2) is 241 Å². The highest BCUT2D eigenvalue weighted by atomic mass is 16.3. The molecule has 2 aliphatic rings. The standard InChI is InChI=1S/C72H56N2O.C2H6/c1-7-19-55-45(2)71(3,4)64-44-67-61(43-59(55)64)60-41-49(32-37-65(60)74(67)54-39-50(46-20-10-8-11-21-46)38-51(40-54)47-22-12-9-13-23-47)48-30-33-52(34-31-48)73(66-27-18-29-69-70(66)58-25-15-17-28-68(58)75-69)53-35-36-57-56-24-14-16-26-62(56)72(5,6)63(57)42-53;1-2/h7-44H,1-6H3;1-2H3/b19-7-;. The molecule has 2 aromatic heterocycles. The molecule has 374 valence electrons. The molecular weight excluding hydrogens is 933 g/mol. The predicted molar refractivity (Wildman–Crippen MR) is 328 cm³/mol. The fourth-order valence-corrected chi connectivity index (χ4v) is 12.7. The van der Waals surface area contributed by atoms with Gasteiger partial charge in [0.2, 0.25) is 0 Å². The molecule has 0 saturated carbocycles. The Kier molecular flexibility index (Phi) is 11.4. The molecule has 0 bridgehead atoms. The lowest BCUT2D eigenvalue weighted by molar-refractivity contribution is 0.640. The molecule has 0 saturated heterocycles. The molecule has 0 aliphatic heterocycles. The second kappa shape index (κ2) is 18.4. The second-order valence-electron chi connectivity index (χ2n) is 21.7. The van der Waals surface area contributed by atoms with Gasteiger partial charge in [-0.05, 0) is 171 Å². The van der Waals surface area contributed by atoms with Gasteiger partial charge in [0.1, 0.15) is 11.2 Å². The molecule has 2 heterocycles. The first-order valence-corrected chi connectivity index (χ1v) is 27.4. The minimum atomic E-state index is -0.151. The van der Waals surface area contributed by atoms with E-state index in [1.807, 2.05) is 19.9 Å². The molecule has 3 nitrogen and oxygen atoms in total. The quantitative estimate of drug-likeness (QED) is 0.151. The first-order valence-electron chi connectivity index (χ1n) is 27.4. The molecule has 0 spiro atoms. The second-order valence-corrected chi connectivity index (χ2v) is 21.7. The zero-order chi connectivity index (χ0) is 52.7. The van der Waals surface area contributed by atoms with Crippen LogP contribution in [0.2, 0.25) is 0 Å². The number of nitrogens with zero attached hydrogens (tertiary/aromatic N) is 2. The van der Waals surface area contributed by atoms with Crippen LogP contribution in [0, 0.1) is 0 Å². The molecule has 0 unspecified atom stereocenters. The average Bonchev–Trinajstić information content (AvgIpc) is 4.36. The summed E-state index contributed by atoms with van der Waals surface area (Å²) >= 11 is 0. The third-order valence-electron chi connectivity index (χ3n) is 16.8. The van der Waals surface area contributed by atoms with Gasteiger partial charge in [0.05, 0.1) is 22.1 Å². The van der Waals surface area contributed by atoms with Crippen LogP contribution in [0.4, 0.5) is 17.1 Å². The maximum absolute atomic E-state index is 6.51. The number of hydrogen-bond acceptors (Lipinski definition) is 2. The Morgan fingerprint density at radius 3 is 1.75 bits per heavy atom. The van der Waals surface area contributed by atoms with Crippen molar-refractivity contribution in [2.75, 3.05) is 4.90 Å². The number of benzene rings is 10. The van der Waals surface area contributed by atoms with Gasteiger partial charge in [0.15, 0.2) is 0 Å². The van der Waals surface area contributed by atoms with Gasteiger partial charge < -0.3 is 13.9 Å². The van der Waals surface area contributed by atoms with Crippen molar-refractivity contribution in [1.29, 1.82) is 0 Å².